The summed E-state index contributed by atoms with van der Waals surface area (Å²) in [6, 6.07) is 17.9. The van der Waals surface area contributed by atoms with Crippen LogP contribution in [0.15, 0.2) is 48.5 Å². The van der Waals surface area contributed by atoms with E-state index >= 15 is 0 Å². The fraction of sp³-hybridized carbons (Fsp3) is 0.400. The fourth-order valence-electron chi connectivity index (χ4n) is 3.72. The van der Waals surface area contributed by atoms with Gasteiger partial charge in [0.15, 0.2) is 0 Å². The first-order valence-corrected chi connectivity index (χ1v) is 8.31. The van der Waals surface area contributed by atoms with Gasteiger partial charge in [-0.1, -0.05) is 48.5 Å². The van der Waals surface area contributed by atoms with Crippen LogP contribution in [0.3, 0.4) is 0 Å². The number of fused-ring (bicyclic) bond motifs is 1. The molecule has 2 aliphatic rings. The summed E-state index contributed by atoms with van der Waals surface area (Å²) in [5, 5.41) is 0. The molecule has 0 bridgehead atoms. The maximum atomic E-state index is 6.41. The van der Waals surface area contributed by atoms with Crippen molar-refractivity contribution in [2.24, 2.45) is 5.73 Å². The third kappa shape index (κ3) is 2.47. The molecule has 22 heavy (non-hydrogen) atoms. The highest BCUT2D eigenvalue weighted by molar-refractivity contribution is 5.44. The second kappa shape index (κ2) is 5.22. The zero-order chi connectivity index (χ0) is 15.2. The lowest BCUT2D eigenvalue weighted by molar-refractivity contribution is 0.328. The normalized spacial score (nSPS) is 23.6. The first kappa shape index (κ1) is 14.0. The van der Waals surface area contributed by atoms with Gasteiger partial charge in [-0.2, -0.15) is 0 Å². The summed E-state index contributed by atoms with van der Waals surface area (Å²) in [5.41, 5.74) is 12.1. The van der Waals surface area contributed by atoms with E-state index in [1.54, 1.807) is 0 Å². The maximum Gasteiger partial charge on any atom is 0.0411 e. The summed E-state index contributed by atoms with van der Waals surface area (Å²) < 4.78 is 0. The molecule has 1 fully saturated rings. The quantitative estimate of drug-likeness (QED) is 0.916. The Bertz CT molecular complexity index is 673. The predicted molar refractivity (Wildman–Crippen MR) is 90.8 cm³/mol. The number of hydrogen-bond acceptors (Lipinski definition) is 2. The van der Waals surface area contributed by atoms with Crippen molar-refractivity contribution in [2.75, 3.05) is 13.6 Å². The van der Waals surface area contributed by atoms with Crippen molar-refractivity contribution < 1.29 is 0 Å². The molecule has 0 spiro atoms. The average Bonchev–Trinajstić information content (AvgIpc) is 3.30. The Hall–Kier alpha value is -1.64. The van der Waals surface area contributed by atoms with E-state index < -0.39 is 0 Å². The van der Waals surface area contributed by atoms with Gasteiger partial charge in [-0.05, 0) is 55.1 Å². The Balaban J connectivity index is 1.78. The number of rotatable bonds is 2. The molecule has 0 amide bonds. The van der Waals surface area contributed by atoms with E-state index in [1.807, 2.05) is 0 Å². The van der Waals surface area contributed by atoms with Gasteiger partial charge in [0.05, 0.1) is 0 Å². The molecule has 2 N–H and O–H groups in total. The summed E-state index contributed by atoms with van der Waals surface area (Å²) in [6.07, 6.45) is 3.44. The van der Waals surface area contributed by atoms with Crippen molar-refractivity contribution >= 4 is 0 Å². The Labute approximate surface area is 132 Å². The van der Waals surface area contributed by atoms with Gasteiger partial charge in [-0.3, -0.25) is 0 Å². The zero-order valence-electron chi connectivity index (χ0n) is 13.3. The highest BCUT2D eigenvalue weighted by atomic mass is 15.1. The first-order chi connectivity index (χ1) is 10.7. The van der Waals surface area contributed by atoms with E-state index in [0.717, 1.165) is 25.9 Å². The van der Waals surface area contributed by atoms with Crippen LogP contribution in [0, 0.1) is 0 Å². The van der Waals surface area contributed by atoms with Crippen LogP contribution in [0.2, 0.25) is 0 Å². The summed E-state index contributed by atoms with van der Waals surface area (Å²) >= 11 is 0. The lowest BCUT2D eigenvalue weighted by Gasteiger charge is -2.20. The molecule has 1 heterocycles. The molecule has 114 valence electrons. The number of hydrogen-bond donors (Lipinski definition) is 1. The summed E-state index contributed by atoms with van der Waals surface area (Å²) in [4.78, 5) is 2.43. The van der Waals surface area contributed by atoms with Crippen molar-refractivity contribution in [2.45, 2.75) is 37.3 Å². The average molecular weight is 292 g/mol. The van der Waals surface area contributed by atoms with Crippen molar-refractivity contribution in [3.05, 3.63) is 70.8 Å². The van der Waals surface area contributed by atoms with Crippen molar-refractivity contribution in [3.8, 4) is 0 Å². The highest BCUT2D eigenvalue weighted by Crippen LogP contribution is 2.44. The second-order valence-electron chi connectivity index (χ2n) is 7.06. The molecule has 0 aromatic heterocycles. The van der Waals surface area contributed by atoms with Crippen molar-refractivity contribution in [1.82, 2.24) is 4.90 Å². The largest absolute Gasteiger partial charge is 0.321 e. The third-order valence-corrected chi connectivity index (χ3v) is 5.32. The Kier molecular flexibility index (Phi) is 3.32. The fourth-order valence-corrected chi connectivity index (χ4v) is 3.72. The molecule has 2 heteroatoms. The zero-order valence-corrected chi connectivity index (χ0v) is 13.3. The van der Waals surface area contributed by atoms with Crippen LogP contribution in [0.5, 0.6) is 0 Å². The Morgan fingerprint density at radius 1 is 1.09 bits per heavy atom. The maximum absolute atomic E-state index is 6.41. The molecule has 1 saturated carbocycles. The molecule has 1 aliphatic carbocycles. The van der Waals surface area contributed by atoms with Gasteiger partial charge < -0.3 is 10.6 Å². The van der Waals surface area contributed by atoms with E-state index in [2.05, 4.69) is 60.5 Å². The van der Waals surface area contributed by atoms with Gasteiger partial charge in [-0.25, -0.2) is 0 Å². The number of nitrogens with two attached hydrogens (primary N) is 1. The molecule has 1 unspecified atom stereocenters. The molecule has 4 rings (SSSR count). The Morgan fingerprint density at radius 3 is 2.59 bits per heavy atom. The molecule has 0 radical (unpaired) electrons. The van der Waals surface area contributed by atoms with Crippen molar-refractivity contribution in [1.29, 1.82) is 0 Å². The molecular weight excluding hydrogens is 268 g/mol. The van der Waals surface area contributed by atoms with Gasteiger partial charge in [0.2, 0.25) is 0 Å². The van der Waals surface area contributed by atoms with E-state index in [4.69, 9.17) is 5.73 Å². The minimum atomic E-state index is -0.0395. The smallest absolute Gasteiger partial charge is 0.0411 e. The van der Waals surface area contributed by atoms with E-state index in [1.165, 1.54) is 28.7 Å². The van der Waals surface area contributed by atoms with Crippen LogP contribution < -0.4 is 5.73 Å². The van der Waals surface area contributed by atoms with Gasteiger partial charge in [0.1, 0.15) is 0 Å². The van der Waals surface area contributed by atoms with Crippen LogP contribution in [0.1, 0.15) is 47.4 Å². The topological polar surface area (TPSA) is 29.3 Å². The lowest BCUT2D eigenvalue weighted by atomic mass is 9.85. The van der Waals surface area contributed by atoms with Gasteiger partial charge >= 0.3 is 0 Å². The SMILES string of the molecule is CN1CCC(c2ccccc2)c2ccc(C3(N)CC3)cc2C1. The van der Waals surface area contributed by atoms with Gasteiger partial charge in [0.25, 0.3) is 0 Å². The van der Waals surface area contributed by atoms with Crippen molar-refractivity contribution in [3.63, 3.8) is 0 Å². The molecule has 2 aromatic carbocycles. The molecule has 1 aliphatic heterocycles. The lowest BCUT2D eigenvalue weighted by Crippen LogP contribution is -2.20. The predicted octanol–water partition coefficient (Wildman–Crippen LogP) is 3.60. The van der Waals surface area contributed by atoms with E-state index in [9.17, 15) is 0 Å². The van der Waals surface area contributed by atoms with Gasteiger partial charge in [-0.15, -0.1) is 0 Å². The summed E-state index contributed by atoms with van der Waals surface area (Å²) in [6.45, 7) is 2.17. The minimum Gasteiger partial charge on any atom is -0.321 e. The summed E-state index contributed by atoms with van der Waals surface area (Å²) in [7, 11) is 2.22. The van der Waals surface area contributed by atoms with Crippen LogP contribution in [-0.4, -0.2) is 18.5 Å². The molecule has 2 aromatic rings. The molecule has 2 nitrogen and oxygen atoms in total. The van der Waals surface area contributed by atoms with Gasteiger partial charge in [0, 0.05) is 18.0 Å². The van der Waals surface area contributed by atoms with Crippen LogP contribution in [0.4, 0.5) is 0 Å². The number of benzene rings is 2. The standard InChI is InChI=1S/C20H24N2/c1-22-12-9-19(15-5-3-2-4-6-15)18-8-7-17(13-16(18)14-22)20(21)10-11-20/h2-8,13,19H,9-12,14,21H2,1H3. The molecular formula is C20H24N2. The highest BCUT2D eigenvalue weighted by Gasteiger charge is 2.40. The molecule has 1 atom stereocenters. The van der Waals surface area contributed by atoms with Crippen LogP contribution >= 0.6 is 0 Å². The van der Waals surface area contributed by atoms with E-state index in [0.29, 0.717) is 5.92 Å². The first-order valence-electron chi connectivity index (χ1n) is 8.31. The van der Waals surface area contributed by atoms with E-state index in [-0.39, 0.29) is 5.54 Å². The summed E-state index contributed by atoms with van der Waals surface area (Å²) in [5.74, 6) is 0.503. The van der Waals surface area contributed by atoms with Crippen LogP contribution in [0.25, 0.3) is 0 Å². The third-order valence-electron chi connectivity index (χ3n) is 5.32. The number of nitrogens with zero attached hydrogens (tertiary/aromatic N) is 1. The second-order valence-corrected chi connectivity index (χ2v) is 7.06. The Morgan fingerprint density at radius 2 is 1.86 bits per heavy atom. The molecule has 0 saturated heterocycles. The van der Waals surface area contributed by atoms with Crippen LogP contribution in [-0.2, 0) is 12.1 Å². The minimum absolute atomic E-state index is 0.0395. The monoisotopic (exact) mass is 292 g/mol.